The van der Waals surface area contributed by atoms with Crippen molar-refractivity contribution in [3.05, 3.63) is 35.8 Å². The summed E-state index contributed by atoms with van der Waals surface area (Å²) in [6.45, 7) is 3.72. The lowest BCUT2D eigenvalue weighted by atomic mass is 10.2. The van der Waals surface area contributed by atoms with Gasteiger partial charge in [-0.1, -0.05) is 5.16 Å². The minimum Gasteiger partial charge on any atom is -0.497 e. The van der Waals surface area contributed by atoms with Crippen LogP contribution in [0.15, 0.2) is 28.8 Å². The molecule has 0 spiro atoms. The van der Waals surface area contributed by atoms with Gasteiger partial charge in [0.1, 0.15) is 22.8 Å². The van der Waals surface area contributed by atoms with E-state index in [1.165, 1.54) is 0 Å². The molecule has 3 aromatic rings. The summed E-state index contributed by atoms with van der Waals surface area (Å²) in [7, 11) is 3.60. The van der Waals surface area contributed by atoms with Crippen molar-refractivity contribution in [2.75, 3.05) is 19.1 Å². The van der Waals surface area contributed by atoms with Gasteiger partial charge in [-0.15, -0.1) is 0 Å². The lowest BCUT2D eigenvalue weighted by Crippen LogP contribution is -2.12. The van der Waals surface area contributed by atoms with E-state index in [9.17, 15) is 0 Å². The maximum atomic E-state index is 5.24. The van der Waals surface area contributed by atoms with E-state index in [0.29, 0.717) is 11.5 Å². The smallest absolute Gasteiger partial charge is 0.263 e. The Bertz CT molecular complexity index is 780. The number of hydrogen-bond acceptors (Lipinski definition) is 6. The van der Waals surface area contributed by atoms with E-state index in [0.717, 1.165) is 28.3 Å². The van der Waals surface area contributed by atoms with E-state index in [-0.39, 0.29) is 0 Å². The Hall–Kier alpha value is -2.63. The number of methoxy groups -OCH3 is 1. The summed E-state index contributed by atoms with van der Waals surface area (Å²) in [4.78, 5) is 10.8. The Labute approximate surface area is 122 Å². The first-order chi connectivity index (χ1) is 10.1. The fourth-order valence-corrected chi connectivity index (χ4v) is 2.24. The first-order valence-corrected chi connectivity index (χ1v) is 6.58. The van der Waals surface area contributed by atoms with Crippen LogP contribution in [0.25, 0.3) is 11.1 Å². The summed E-state index contributed by atoms with van der Waals surface area (Å²) in [5.74, 6) is 2.24. The second kappa shape index (κ2) is 5.05. The van der Waals surface area contributed by atoms with Crippen LogP contribution in [0, 0.1) is 13.8 Å². The SMILES string of the molecule is COc1ccc(N(C)c2nc(C)nc3onc(C)c23)cc1. The predicted octanol–water partition coefficient (Wildman–Crippen LogP) is 3.01. The predicted molar refractivity (Wildman–Crippen MR) is 80.1 cm³/mol. The Kier molecular flexibility index (Phi) is 3.21. The van der Waals surface area contributed by atoms with E-state index in [1.54, 1.807) is 7.11 Å². The van der Waals surface area contributed by atoms with Crippen LogP contribution in [0.4, 0.5) is 11.5 Å². The number of benzene rings is 1. The zero-order valence-corrected chi connectivity index (χ0v) is 12.4. The van der Waals surface area contributed by atoms with Gasteiger partial charge in [-0.2, -0.15) is 4.98 Å². The average molecular weight is 284 g/mol. The molecule has 2 heterocycles. The second-order valence-corrected chi connectivity index (χ2v) is 4.80. The standard InChI is InChI=1S/C15H16N4O2/c1-9-13-14(16-10(2)17-15(13)21-18-9)19(3)11-5-7-12(20-4)8-6-11/h5-8H,1-4H3. The molecule has 21 heavy (non-hydrogen) atoms. The Morgan fingerprint density at radius 2 is 1.81 bits per heavy atom. The molecule has 0 radical (unpaired) electrons. The van der Waals surface area contributed by atoms with Crippen LogP contribution in [0.3, 0.4) is 0 Å². The molecular weight excluding hydrogens is 268 g/mol. The Morgan fingerprint density at radius 3 is 2.48 bits per heavy atom. The summed E-state index contributed by atoms with van der Waals surface area (Å²) < 4.78 is 10.4. The second-order valence-electron chi connectivity index (χ2n) is 4.80. The molecule has 0 aliphatic carbocycles. The summed E-state index contributed by atoms with van der Waals surface area (Å²) in [5.41, 5.74) is 2.28. The van der Waals surface area contributed by atoms with Crippen molar-refractivity contribution in [1.82, 2.24) is 15.1 Å². The molecule has 0 saturated carbocycles. The van der Waals surface area contributed by atoms with Gasteiger partial charge in [0.2, 0.25) is 0 Å². The third-order valence-corrected chi connectivity index (χ3v) is 3.38. The van der Waals surface area contributed by atoms with Crippen LogP contribution >= 0.6 is 0 Å². The minimum atomic E-state index is 0.510. The lowest BCUT2D eigenvalue weighted by Gasteiger charge is -2.19. The zero-order valence-electron chi connectivity index (χ0n) is 12.4. The summed E-state index contributed by atoms with van der Waals surface area (Å²) in [6.07, 6.45) is 0. The molecule has 0 fully saturated rings. The minimum absolute atomic E-state index is 0.510. The van der Waals surface area contributed by atoms with Crippen LogP contribution in [0.5, 0.6) is 5.75 Å². The molecule has 0 N–H and O–H groups in total. The van der Waals surface area contributed by atoms with Gasteiger partial charge in [0.15, 0.2) is 0 Å². The van der Waals surface area contributed by atoms with Crippen LogP contribution in [-0.2, 0) is 0 Å². The summed E-state index contributed by atoms with van der Waals surface area (Å²) >= 11 is 0. The van der Waals surface area contributed by atoms with Crippen LogP contribution in [-0.4, -0.2) is 29.3 Å². The van der Waals surface area contributed by atoms with Crippen molar-refractivity contribution in [2.45, 2.75) is 13.8 Å². The molecule has 6 nitrogen and oxygen atoms in total. The van der Waals surface area contributed by atoms with Gasteiger partial charge < -0.3 is 14.2 Å². The van der Waals surface area contributed by atoms with E-state index < -0.39 is 0 Å². The van der Waals surface area contributed by atoms with Crippen LogP contribution in [0.1, 0.15) is 11.5 Å². The van der Waals surface area contributed by atoms with Gasteiger partial charge in [-0.3, -0.25) is 0 Å². The molecule has 1 aromatic carbocycles. The van der Waals surface area contributed by atoms with E-state index >= 15 is 0 Å². The number of fused-ring (bicyclic) bond motifs is 1. The van der Waals surface area contributed by atoms with Crippen molar-refractivity contribution in [2.24, 2.45) is 0 Å². The Morgan fingerprint density at radius 1 is 1.10 bits per heavy atom. The van der Waals surface area contributed by atoms with Crippen molar-refractivity contribution in [3.63, 3.8) is 0 Å². The van der Waals surface area contributed by atoms with Crippen molar-refractivity contribution < 1.29 is 9.26 Å². The molecule has 0 atom stereocenters. The quantitative estimate of drug-likeness (QED) is 0.736. The fraction of sp³-hybridized carbons (Fsp3) is 0.267. The van der Waals surface area contributed by atoms with Gasteiger partial charge in [0, 0.05) is 12.7 Å². The maximum Gasteiger partial charge on any atom is 0.263 e. The third kappa shape index (κ3) is 2.29. The molecule has 0 amide bonds. The van der Waals surface area contributed by atoms with E-state index in [4.69, 9.17) is 9.26 Å². The topological polar surface area (TPSA) is 64.3 Å². The molecule has 2 aromatic heterocycles. The van der Waals surface area contributed by atoms with Gasteiger partial charge in [-0.25, -0.2) is 4.98 Å². The summed E-state index contributed by atoms with van der Waals surface area (Å²) in [6, 6.07) is 7.78. The Balaban J connectivity index is 2.11. The van der Waals surface area contributed by atoms with Gasteiger partial charge >= 0.3 is 0 Å². The lowest BCUT2D eigenvalue weighted by molar-refractivity contribution is 0.415. The van der Waals surface area contributed by atoms with Gasteiger partial charge in [0.05, 0.1) is 12.8 Å². The monoisotopic (exact) mass is 284 g/mol. The number of hydrogen-bond donors (Lipinski definition) is 0. The fourth-order valence-electron chi connectivity index (χ4n) is 2.24. The maximum absolute atomic E-state index is 5.24. The molecule has 0 saturated heterocycles. The highest BCUT2D eigenvalue weighted by Gasteiger charge is 2.17. The number of ether oxygens (including phenoxy) is 1. The zero-order chi connectivity index (χ0) is 15.0. The number of anilines is 2. The molecule has 0 aliphatic heterocycles. The van der Waals surface area contributed by atoms with Crippen molar-refractivity contribution >= 4 is 22.6 Å². The largest absolute Gasteiger partial charge is 0.497 e. The number of nitrogens with zero attached hydrogens (tertiary/aromatic N) is 4. The van der Waals surface area contributed by atoms with Gasteiger partial charge in [0.25, 0.3) is 5.71 Å². The molecule has 108 valence electrons. The molecule has 0 bridgehead atoms. The molecular formula is C15H16N4O2. The molecule has 0 aliphatic rings. The highest BCUT2D eigenvalue weighted by Crippen LogP contribution is 2.31. The number of aryl methyl sites for hydroxylation is 2. The van der Waals surface area contributed by atoms with Crippen molar-refractivity contribution in [3.8, 4) is 5.75 Å². The van der Waals surface area contributed by atoms with E-state index in [1.807, 2.05) is 50.1 Å². The summed E-state index contributed by atoms with van der Waals surface area (Å²) in [5, 5.41) is 4.81. The van der Waals surface area contributed by atoms with Crippen LogP contribution in [0.2, 0.25) is 0 Å². The first-order valence-electron chi connectivity index (χ1n) is 6.58. The molecule has 3 rings (SSSR count). The highest BCUT2D eigenvalue weighted by atomic mass is 16.5. The molecule has 0 unspecified atom stereocenters. The normalized spacial score (nSPS) is 10.9. The number of aromatic nitrogens is 3. The highest BCUT2D eigenvalue weighted by molar-refractivity contribution is 5.90. The van der Waals surface area contributed by atoms with Crippen molar-refractivity contribution in [1.29, 1.82) is 0 Å². The number of rotatable bonds is 3. The average Bonchev–Trinajstić information content (AvgIpc) is 2.87. The molecule has 6 heteroatoms. The third-order valence-electron chi connectivity index (χ3n) is 3.38. The first kappa shape index (κ1) is 13.4. The van der Waals surface area contributed by atoms with Crippen LogP contribution < -0.4 is 9.64 Å². The van der Waals surface area contributed by atoms with E-state index in [2.05, 4.69) is 15.1 Å². The van der Waals surface area contributed by atoms with Gasteiger partial charge in [-0.05, 0) is 38.1 Å².